The van der Waals surface area contributed by atoms with Crippen molar-refractivity contribution >= 4 is 21.9 Å². The maximum absolute atomic E-state index is 11.6. The first kappa shape index (κ1) is 13.2. The van der Waals surface area contributed by atoms with Crippen LogP contribution in [0, 0.1) is 0 Å². The van der Waals surface area contributed by atoms with Crippen molar-refractivity contribution in [3.63, 3.8) is 0 Å². The summed E-state index contributed by atoms with van der Waals surface area (Å²) < 4.78 is 5.13. The Morgan fingerprint density at radius 3 is 2.69 bits per heavy atom. The normalized spacial score (nSPS) is 12.1. The average molecular weight is 285 g/mol. The highest BCUT2D eigenvalue weighted by Crippen LogP contribution is 2.11. The van der Waals surface area contributed by atoms with Crippen LogP contribution in [-0.4, -0.2) is 17.4 Å². The fourth-order valence-electron chi connectivity index (χ4n) is 1.31. The van der Waals surface area contributed by atoms with E-state index >= 15 is 0 Å². The summed E-state index contributed by atoms with van der Waals surface area (Å²) >= 11 is 3.36. The average Bonchev–Trinajstić information content (AvgIpc) is 2.30. The second kappa shape index (κ2) is 7.44. The van der Waals surface area contributed by atoms with Gasteiger partial charge in [0, 0.05) is 0 Å². The minimum atomic E-state index is -0.244. The molecule has 1 aromatic carbocycles. The second-order valence-corrected chi connectivity index (χ2v) is 4.78. The summed E-state index contributed by atoms with van der Waals surface area (Å²) in [6.07, 6.45) is 2.64. The SMILES string of the molecule is CCCCOC(=O)C(Br)Cc1ccccc1. The Morgan fingerprint density at radius 2 is 2.06 bits per heavy atom. The molecule has 1 unspecified atom stereocenters. The number of unbranched alkanes of at least 4 members (excludes halogenated alkanes) is 1. The second-order valence-electron chi connectivity index (χ2n) is 3.68. The number of benzene rings is 1. The van der Waals surface area contributed by atoms with E-state index in [0.717, 1.165) is 18.4 Å². The molecule has 2 nitrogen and oxygen atoms in total. The maximum atomic E-state index is 11.6. The number of alkyl halides is 1. The van der Waals surface area contributed by atoms with Crippen LogP contribution in [0.1, 0.15) is 25.3 Å². The number of hydrogen-bond acceptors (Lipinski definition) is 2. The van der Waals surface area contributed by atoms with E-state index in [1.54, 1.807) is 0 Å². The van der Waals surface area contributed by atoms with Crippen LogP contribution in [0.4, 0.5) is 0 Å². The predicted molar refractivity (Wildman–Crippen MR) is 68.7 cm³/mol. The van der Waals surface area contributed by atoms with Gasteiger partial charge in [-0.2, -0.15) is 0 Å². The van der Waals surface area contributed by atoms with E-state index in [9.17, 15) is 4.79 Å². The molecule has 0 aliphatic carbocycles. The monoisotopic (exact) mass is 284 g/mol. The molecule has 0 saturated heterocycles. The standard InChI is InChI=1S/C13H17BrO2/c1-2-3-9-16-13(15)12(14)10-11-7-5-4-6-8-11/h4-8,12H,2-3,9-10H2,1H3. The van der Waals surface area contributed by atoms with Crippen molar-refractivity contribution in [2.45, 2.75) is 31.0 Å². The third kappa shape index (κ3) is 4.79. The first-order valence-electron chi connectivity index (χ1n) is 5.58. The maximum Gasteiger partial charge on any atom is 0.320 e. The summed E-state index contributed by atoms with van der Waals surface area (Å²) in [5.74, 6) is -0.169. The van der Waals surface area contributed by atoms with Crippen molar-refractivity contribution in [1.29, 1.82) is 0 Å². The van der Waals surface area contributed by atoms with Gasteiger partial charge in [0.1, 0.15) is 4.83 Å². The Hall–Kier alpha value is -0.830. The van der Waals surface area contributed by atoms with E-state index in [4.69, 9.17) is 4.74 Å². The number of halogens is 1. The molecular formula is C13H17BrO2. The van der Waals surface area contributed by atoms with Crippen LogP contribution in [0.25, 0.3) is 0 Å². The van der Waals surface area contributed by atoms with Gasteiger partial charge < -0.3 is 4.74 Å². The van der Waals surface area contributed by atoms with Crippen LogP contribution in [0.15, 0.2) is 30.3 Å². The lowest BCUT2D eigenvalue weighted by atomic mass is 10.1. The quantitative estimate of drug-likeness (QED) is 0.455. The molecule has 1 rings (SSSR count). The van der Waals surface area contributed by atoms with Gasteiger partial charge in [0.2, 0.25) is 0 Å². The van der Waals surface area contributed by atoms with E-state index < -0.39 is 0 Å². The number of hydrogen-bond donors (Lipinski definition) is 0. The first-order valence-corrected chi connectivity index (χ1v) is 6.50. The van der Waals surface area contributed by atoms with Gasteiger partial charge in [0.25, 0.3) is 0 Å². The van der Waals surface area contributed by atoms with Crippen molar-refractivity contribution in [2.75, 3.05) is 6.61 Å². The van der Waals surface area contributed by atoms with Crippen molar-refractivity contribution in [2.24, 2.45) is 0 Å². The number of carbonyl (C=O) groups excluding carboxylic acids is 1. The number of carbonyl (C=O) groups is 1. The van der Waals surface area contributed by atoms with Crippen molar-refractivity contribution in [3.8, 4) is 0 Å². The molecule has 0 aliphatic heterocycles. The molecule has 0 N–H and O–H groups in total. The van der Waals surface area contributed by atoms with Crippen LogP contribution in [-0.2, 0) is 16.0 Å². The highest BCUT2D eigenvalue weighted by Gasteiger charge is 2.16. The molecule has 0 aromatic heterocycles. The van der Waals surface area contributed by atoms with Crippen LogP contribution in [0.3, 0.4) is 0 Å². The minimum absolute atomic E-state index is 0.169. The molecule has 3 heteroatoms. The Morgan fingerprint density at radius 1 is 1.38 bits per heavy atom. The third-order valence-corrected chi connectivity index (χ3v) is 2.95. The fraction of sp³-hybridized carbons (Fsp3) is 0.462. The van der Waals surface area contributed by atoms with E-state index in [-0.39, 0.29) is 10.8 Å². The van der Waals surface area contributed by atoms with E-state index in [0.29, 0.717) is 13.0 Å². The van der Waals surface area contributed by atoms with Crippen LogP contribution < -0.4 is 0 Å². The highest BCUT2D eigenvalue weighted by molar-refractivity contribution is 9.10. The molecule has 0 radical (unpaired) electrons. The molecule has 0 saturated carbocycles. The number of esters is 1. The summed E-state index contributed by atoms with van der Waals surface area (Å²) in [6.45, 7) is 2.59. The lowest BCUT2D eigenvalue weighted by molar-refractivity contribution is -0.142. The molecule has 0 spiro atoms. The first-order chi connectivity index (χ1) is 7.74. The lowest BCUT2D eigenvalue weighted by Crippen LogP contribution is -2.20. The van der Waals surface area contributed by atoms with Gasteiger partial charge >= 0.3 is 5.97 Å². The Balaban J connectivity index is 2.34. The summed E-state index contributed by atoms with van der Waals surface area (Å²) in [6, 6.07) is 9.92. The fourth-order valence-corrected chi connectivity index (χ4v) is 1.82. The molecule has 0 fully saturated rings. The summed E-state index contributed by atoms with van der Waals surface area (Å²) in [4.78, 5) is 11.3. The molecule has 1 atom stereocenters. The van der Waals surface area contributed by atoms with Gasteiger partial charge in [-0.05, 0) is 18.4 Å². The third-order valence-electron chi connectivity index (χ3n) is 2.26. The molecule has 0 aliphatic rings. The van der Waals surface area contributed by atoms with Gasteiger partial charge in [-0.15, -0.1) is 0 Å². The topological polar surface area (TPSA) is 26.3 Å². The van der Waals surface area contributed by atoms with Gasteiger partial charge in [-0.25, -0.2) is 0 Å². The number of rotatable bonds is 6. The van der Waals surface area contributed by atoms with E-state index in [1.165, 1.54) is 0 Å². The Bertz CT molecular complexity index is 311. The van der Waals surface area contributed by atoms with Gasteiger partial charge in [-0.1, -0.05) is 59.6 Å². The largest absolute Gasteiger partial charge is 0.465 e. The zero-order valence-corrected chi connectivity index (χ0v) is 11.1. The lowest BCUT2D eigenvalue weighted by Gasteiger charge is -2.09. The molecule has 0 heterocycles. The summed E-state index contributed by atoms with van der Waals surface area (Å²) in [5, 5.41) is 0. The van der Waals surface area contributed by atoms with Crippen molar-refractivity contribution in [1.82, 2.24) is 0 Å². The predicted octanol–water partition coefficient (Wildman–Crippen LogP) is 3.34. The van der Waals surface area contributed by atoms with E-state index in [1.807, 2.05) is 30.3 Å². The smallest absolute Gasteiger partial charge is 0.320 e. The summed E-state index contributed by atoms with van der Waals surface area (Å²) in [5.41, 5.74) is 1.14. The minimum Gasteiger partial charge on any atom is -0.465 e. The molecule has 0 bridgehead atoms. The molecule has 0 amide bonds. The molecular weight excluding hydrogens is 268 g/mol. The zero-order chi connectivity index (χ0) is 11.8. The number of ether oxygens (including phenoxy) is 1. The molecule has 1 aromatic rings. The molecule has 88 valence electrons. The zero-order valence-electron chi connectivity index (χ0n) is 9.49. The van der Waals surface area contributed by atoms with Crippen molar-refractivity contribution in [3.05, 3.63) is 35.9 Å². The Labute approximate surface area is 105 Å². The van der Waals surface area contributed by atoms with E-state index in [2.05, 4.69) is 22.9 Å². The Kier molecular flexibility index (Phi) is 6.16. The van der Waals surface area contributed by atoms with Gasteiger partial charge in [-0.3, -0.25) is 4.79 Å². The highest BCUT2D eigenvalue weighted by atomic mass is 79.9. The molecule has 16 heavy (non-hydrogen) atoms. The summed E-state index contributed by atoms with van der Waals surface area (Å²) in [7, 11) is 0. The van der Waals surface area contributed by atoms with Gasteiger partial charge in [0.05, 0.1) is 6.61 Å². The van der Waals surface area contributed by atoms with Gasteiger partial charge in [0.15, 0.2) is 0 Å². The van der Waals surface area contributed by atoms with Crippen LogP contribution in [0.5, 0.6) is 0 Å². The van der Waals surface area contributed by atoms with Crippen LogP contribution >= 0.6 is 15.9 Å². The van der Waals surface area contributed by atoms with Crippen molar-refractivity contribution < 1.29 is 9.53 Å². The van der Waals surface area contributed by atoms with Crippen LogP contribution in [0.2, 0.25) is 0 Å².